The van der Waals surface area contributed by atoms with E-state index >= 15 is 0 Å². The van der Waals surface area contributed by atoms with E-state index in [1.54, 1.807) is 36.3 Å². The van der Waals surface area contributed by atoms with Gasteiger partial charge in [0.2, 0.25) is 0 Å². The number of nitrogens with zero attached hydrogens (tertiary/aromatic N) is 5. The first-order valence-electron chi connectivity index (χ1n) is 9.96. The normalized spacial score (nSPS) is 12.0. The summed E-state index contributed by atoms with van der Waals surface area (Å²) in [6.45, 7) is 4.25. The number of amides is 1. The average Bonchev–Trinajstić information content (AvgIpc) is 3.36. The van der Waals surface area contributed by atoms with Gasteiger partial charge >= 0.3 is 6.18 Å². The molecule has 0 spiro atoms. The minimum absolute atomic E-state index is 0.0608. The Bertz CT molecular complexity index is 1270. The second-order valence-electron chi connectivity index (χ2n) is 7.81. The molecule has 7 nitrogen and oxygen atoms in total. The molecule has 4 aromatic rings. The molecule has 0 saturated carbocycles. The zero-order valence-electron chi connectivity index (χ0n) is 17.7. The van der Waals surface area contributed by atoms with E-state index in [-0.39, 0.29) is 23.6 Å². The number of aryl methyl sites for hydroxylation is 1. The predicted molar refractivity (Wildman–Crippen MR) is 112 cm³/mol. The molecule has 0 unspecified atom stereocenters. The molecular formula is C22H21F3N6O. The smallest absolute Gasteiger partial charge is 0.346 e. The fraction of sp³-hybridized carbons (Fsp3) is 0.273. The highest BCUT2D eigenvalue weighted by Gasteiger charge is 2.35. The van der Waals surface area contributed by atoms with Crippen molar-refractivity contribution < 1.29 is 18.0 Å². The van der Waals surface area contributed by atoms with Crippen LogP contribution in [-0.4, -0.2) is 30.3 Å². The van der Waals surface area contributed by atoms with Gasteiger partial charge in [-0.25, -0.2) is 9.50 Å². The molecule has 3 heterocycles. The fourth-order valence-corrected chi connectivity index (χ4v) is 3.31. The lowest BCUT2D eigenvalue weighted by molar-refractivity contribution is -0.142. The van der Waals surface area contributed by atoms with Crippen molar-refractivity contribution in [2.45, 2.75) is 32.5 Å². The molecule has 0 bridgehead atoms. The summed E-state index contributed by atoms with van der Waals surface area (Å²) in [7, 11) is 1.74. The maximum Gasteiger partial charge on any atom is 0.433 e. The Morgan fingerprint density at radius 1 is 1.16 bits per heavy atom. The largest absolute Gasteiger partial charge is 0.433 e. The molecule has 0 saturated heterocycles. The third-order valence-electron chi connectivity index (χ3n) is 5.03. The molecule has 0 atom stereocenters. The van der Waals surface area contributed by atoms with E-state index in [1.165, 1.54) is 6.07 Å². The average molecular weight is 442 g/mol. The molecule has 3 aromatic heterocycles. The number of carbonyl (C=O) groups excluding carboxylic acids is 1. The molecule has 4 rings (SSSR count). The van der Waals surface area contributed by atoms with E-state index < -0.39 is 17.8 Å². The molecule has 0 radical (unpaired) electrons. The Hall–Kier alpha value is -3.69. The number of carbonyl (C=O) groups is 1. The van der Waals surface area contributed by atoms with E-state index in [1.807, 2.05) is 26.0 Å². The van der Waals surface area contributed by atoms with Crippen LogP contribution in [0, 0.1) is 0 Å². The molecule has 1 N–H and O–H groups in total. The Kier molecular flexibility index (Phi) is 5.45. The Balaban J connectivity index is 1.69. The maximum atomic E-state index is 13.8. The maximum absolute atomic E-state index is 13.8. The summed E-state index contributed by atoms with van der Waals surface area (Å²) < 4.78 is 43.5. The topological polar surface area (TPSA) is 77.1 Å². The quantitative estimate of drug-likeness (QED) is 0.503. The number of alkyl halides is 3. The molecule has 10 heteroatoms. The second-order valence-corrected chi connectivity index (χ2v) is 7.81. The Morgan fingerprint density at radius 2 is 1.88 bits per heavy atom. The van der Waals surface area contributed by atoms with Gasteiger partial charge in [0.25, 0.3) is 5.91 Å². The summed E-state index contributed by atoms with van der Waals surface area (Å²) in [6.07, 6.45) is -1.36. The minimum Gasteiger partial charge on any atom is -0.346 e. The lowest BCUT2D eigenvalue weighted by Crippen LogP contribution is -2.23. The number of aromatic nitrogens is 5. The minimum atomic E-state index is -4.68. The lowest BCUT2D eigenvalue weighted by atomic mass is 10.0. The zero-order valence-corrected chi connectivity index (χ0v) is 17.7. The van der Waals surface area contributed by atoms with Crippen LogP contribution in [0.1, 0.15) is 47.1 Å². The summed E-state index contributed by atoms with van der Waals surface area (Å²) in [5.74, 6) is -0.303. The van der Waals surface area contributed by atoms with E-state index in [0.717, 1.165) is 17.2 Å². The van der Waals surface area contributed by atoms with Crippen LogP contribution in [0.2, 0.25) is 0 Å². The molecule has 166 valence electrons. The highest BCUT2D eigenvalue weighted by molar-refractivity contribution is 5.93. The SMILES string of the molecule is CC(C)c1ccc(-c2cc(C(F)(F)F)n3nc(C(=O)NCc4cnn(C)c4)cc3n2)cc1. The molecule has 0 fully saturated rings. The summed E-state index contributed by atoms with van der Waals surface area (Å²) in [4.78, 5) is 16.8. The van der Waals surface area contributed by atoms with Crippen LogP contribution in [0.3, 0.4) is 0 Å². The van der Waals surface area contributed by atoms with Crippen LogP contribution in [0.15, 0.2) is 48.8 Å². The van der Waals surface area contributed by atoms with Crippen molar-refractivity contribution in [1.29, 1.82) is 0 Å². The number of benzene rings is 1. The zero-order chi connectivity index (χ0) is 23.0. The highest BCUT2D eigenvalue weighted by Crippen LogP contribution is 2.32. The number of hydrogen-bond donors (Lipinski definition) is 1. The first kappa shape index (κ1) is 21.5. The number of halogens is 3. The van der Waals surface area contributed by atoms with Crippen molar-refractivity contribution in [3.63, 3.8) is 0 Å². The highest BCUT2D eigenvalue weighted by atomic mass is 19.4. The van der Waals surface area contributed by atoms with Crippen LogP contribution < -0.4 is 5.32 Å². The van der Waals surface area contributed by atoms with Crippen LogP contribution in [0.5, 0.6) is 0 Å². The van der Waals surface area contributed by atoms with E-state index in [9.17, 15) is 18.0 Å². The van der Waals surface area contributed by atoms with Crippen molar-refractivity contribution in [2.75, 3.05) is 0 Å². The molecule has 1 amide bonds. The molecule has 0 aliphatic heterocycles. The van der Waals surface area contributed by atoms with E-state index in [0.29, 0.717) is 16.0 Å². The van der Waals surface area contributed by atoms with Gasteiger partial charge in [-0.1, -0.05) is 38.1 Å². The van der Waals surface area contributed by atoms with Crippen molar-refractivity contribution in [1.82, 2.24) is 29.7 Å². The van der Waals surface area contributed by atoms with Gasteiger partial charge in [-0.3, -0.25) is 9.48 Å². The third-order valence-corrected chi connectivity index (χ3v) is 5.03. The van der Waals surface area contributed by atoms with Gasteiger partial charge in [0.15, 0.2) is 17.0 Å². The summed E-state index contributed by atoms with van der Waals surface area (Å²) in [6, 6.07) is 9.42. The molecule has 32 heavy (non-hydrogen) atoms. The van der Waals surface area contributed by atoms with Gasteiger partial charge in [-0.15, -0.1) is 0 Å². The monoisotopic (exact) mass is 442 g/mol. The molecular weight excluding hydrogens is 421 g/mol. The number of rotatable bonds is 5. The summed E-state index contributed by atoms with van der Waals surface area (Å²) in [5, 5.41) is 10.5. The predicted octanol–water partition coefficient (Wildman–Crippen LogP) is 4.20. The van der Waals surface area contributed by atoms with Gasteiger partial charge < -0.3 is 5.32 Å². The lowest BCUT2D eigenvalue weighted by Gasteiger charge is -2.11. The van der Waals surface area contributed by atoms with Crippen molar-refractivity contribution in [3.05, 3.63) is 71.3 Å². The standard InChI is InChI=1S/C22H21F3N6O/c1-13(2)15-4-6-16(7-5-15)17-8-19(22(23,24)25)31-20(28-17)9-18(29-31)21(32)26-10-14-11-27-30(3)12-14/h4-9,11-13H,10H2,1-3H3,(H,26,32). The number of nitrogens with one attached hydrogen (secondary N) is 1. The Morgan fingerprint density at radius 3 is 2.47 bits per heavy atom. The van der Waals surface area contributed by atoms with E-state index in [4.69, 9.17) is 0 Å². The molecule has 0 aliphatic carbocycles. The molecule has 1 aromatic carbocycles. The molecule has 0 aliphatic rings. The van der Waals surface area contributed by atoms with Gasteiger partial charge in [-0.05, 0) is 17.5 Å². The first-order chi connectivity index (χ1) is 15.1. The Labute approximate surface area is 181 Å². The second kappa shape index (κ2) is 8.10. The summed E-state index contributed by atoms with van der Waals surface area (Å²) >= 11 is 0. The van der Waals surface area contributed by atoms with Crippen molar-refractivity contribution in [3.8, 4) is 11.3 Å². The van der Waals surface area contributed by atoms with Crippen molar-refractivity contribution in [2.24, 2.45) is 7.05 Å². The van der Waals surface area contributed by atoms with Gasteiger partial charge in [-0.2, -0.15) is 23.4 Å². The van der Waals surface area contributed by atoms with Crippen LogP contribution in [-0.2, 0) is 19.8 Å². The number of fused-ring (bicyclic) bond motifs is 1. The van der Waals surface area contributed by atoms with Gasteiger partial charge in [0.05, 0.1) is 11.9 Å². The summed E-state index contributed by atoms with van der Waals surface area (Å²) in [5.41, 5.74) is 1.31. The van der Waals surface area contributed by atoms with Crippen molar-refractivity contribution >= 4 is 11.6 Å². The van der Waals surface area contributed by atoms with Crippen LogP contribution >= 0.6 is 0 Å². The van der Waals surface area contributed by atoms with Crippen LogP contribution in [0.25, 0.3) is 16.9 Å². The first-order valence-corrected chi connectivity index (χ1v) is 9.96. The third kappa shape index (κ3) is 4.34. The van der Waals surface area contributed by atoms with Crippen LogP contribution in [0.4, 0.5) is 13.2 Å². The van der Waals surface area contributed by atoms with Gasteiger partial charge in [0, 0.05) is 37.0 Å². The van der Waals surface area contributed by atoms with Gasteiger partial charge in [0.1, 0.15) is 0 Å². The van der Waals surface area contributed by atoms with E-state index in [2.05, 4.69) is 20.5 Å². The fourth-order valence-electron chi connectivity index (χ4n) is 3.31. The number of hydrogen-bond acceptors (Lipinski definition) is 4.